The van der Waals surface area contributed by atoms with Crippen molar-refractivity contribution < 1.29 is 0 Å². The van der Waals surface area contributed by atoms with E-state index in [1.54, 1.807) is 0 Å². The minimum absolute atomic E-state index is 0.638. The molecule has 4 nitrogen and oxygen atoms in total. The van der Waals surface area contributed by atoms with Gasteiger partial charge in [0.1, 0.15) is 0 Å². The van der Waals surface area contributed by atoms with E-state index >= 15 is 0 Å². The number of aromatic amines is 1. The standard InChI is InChI=1S/C17H18N4S/c1-4-21-16(19-20-17(21)22)14-9-10-15(18-12(14)3)13-7-5-11(2)6-8-13/h5-10H,4H2,1-3H3,(H,20,22). The van der Waals surface area contributed by atoms with Gasteiger partial charge in [0, 0.05) is 23.4 Å². The maximum Gasteiger partial charge on any atom is 0.195 e. The highest BCUT2D eigenvalue weighted by molar-refractivity contribution is 7.71. The zero-order valence-corrected chi connectivity index (χ0v) is 13.7. The summed E-state index contributed by atoms with van der Waals surface area (Å²) in [5.74, 6) is 0.841. The van der Waals surface area contributed by atoms with Crippen molar-refractivity contribution in [3.8, 4) is 22.6 Å². The molecule has 0 fully saturated rings. The first-order valence-corrected chi connectivity index (χ1v) is 7.71. The summed E-state index contributed by atoms with van der Waals surface area (Å²) in [5, 5.41) is 7.19. The van der Waals surface area contributed by atoms with Crippen molar-refractivity contribution in [3.63, 3.8) is 0 Å². The van der Waals surface area contributed by atoms with Crippen LogP contribution >= 0.6 is 12.2 Å². The predicted molar refractivity (Wildman–Crippen MR) is 91.2 cm³/mol. The van der Waals surface area contributed by atoms with Crippen LogP contribution in [0.3, 0.4) is 0 Å². The normalized spacial score (nSPS) is 10.9. The van der Waals surface area contributed by atoms with Crippen LogP contribution in [-0.4, -0.2) is 19.7 Å². The Morgan fingerprint density at radius 1 is 1.09 bits per heavy atom. The molecule has 3 aromatic rings. The van der Waals surface area contributed by atoms with E-state index in [4.69, 9.17) is 17.2 Å². The Morgan fingerprint density at radius 2 is 1.82 bits per heavy atom. The van der Waals surface area contributed by atoms with Gasteiger partial charge in [-0.05, 0) is 45.1 Å². The summed E-state index contributed by atoms with van der Waals surface area (Å²) < 4.78 is 2.62. The lowest BCUT2D eigenvalue weighted by molar-refractivity contribution is 0.754. The molecule has 0 saturated heterocycles. The van der Waals surface area contributed by atoms with E-state index in [1.165, 1.54) is 5.56 Å². The van der Waals surface area contributed by atoms with Gasteiger partial charge in [-0.3, -0.25) is 10.1 Å². The lowest BCUT2D eigenvalue weighted by Crippen LogP contribution is -2.00. The molecule has 3 rings (SSSR count). The molecule has 0 aliphatic heterocycles. The molecule has 0 aliphatic rings. The van der Waals surface area contributed by atoms with E-state index in [9.17, 15) is 0 Å². The largest absolute Gasteiger partial charge is 0.300 e. The number of nitrogens with zero attached hydrogens (tertiary/aromatic N) is 3. The molecule has 1 aromatic carbocycles. The van der Waals surface area contributed by atoms with Crippen LogP contribution in [0, 0.1) is 18.6 Å². The highest BCUT2D eigenvalue weighted by atomic mass is 32.1. The van der Waals surface area contributed by atoms with E-state index < -0.39 is 0 Å². The number of pyridine rings is 1. The average molecular weight is 310 g/mol. The molecule has 0 spiro atoms. The number of hydrogen-bond donors (Lipinski definition) is 1. The Hall–Kier alpha value is -2.27. The second kappa shape index (κ2) is 5.85. The molecular weight excluding hydrogens is 292 g/mol. The summed E-state index contributed by atoms with van der Waals surface area (Å²) in [4.78, 5) is 4.73. The fourth-order valence-electron chi connectivity index (χ4n) is 2.50. The van der Waals surface area contributed by atoms with Gasteiger partial charge in [-0.25, -0.2) is 0 Å². The number of rotatable bonds is 3. The van der Waals surface area contributed by atoms with Crippen molar-refractivity contribution in [2.45, 2.75) is 27.3 Å². The quantitative estimate of drug-likeness (QED) is 0.733. The van der Waals surface area contributed by atoms with Gasteiger partial charge in [0.25, 0.3) is 0 Å². The van der Waals surface area contributed by atoms with Gasteiger partial charge in [0.05, 0.1) is 5.69 Å². The summed E-state index contributed by atoms with van der Waals surface area (Å²) in [6.45, 7) is 6.92. The topological polar surface area (TPSA) is 46.5 Å². The Kier molecular flexibility index (Phi) is 3.90. The van der Waals surface area contributed by atoms with E-state index in [2.05, 4.69) is 54.4 Å². The van der Waals surface area contributed by atoms with Gasteiger partial charge < -0.3 is 4.57 Å². The first-order valence-electron chi connectivity index (χ1n) is 7.30. The maximum absolute atomic E-state index is 5.25. The third-order valence-electron chi connectivity index (χ3n) is 3.75. The molecule has 1 N–H and O–H groups in total. The highest BCUT2D eigenvalue weighted by Crippen LogP contribution is 2.25. The van der Waals surface area contributed by atoms with E-state index in [0.717, 1.165) is 34.9 Å². The van der Waals surface area contributed by atoms with Gasteiger partial charge in [-0.2, -0.15) is 5.10 Å². The molecule has 0 unspecified atom stereocenters. The van der Waals surface area contributed by atoms with Crippen LogP contribution in [0.5, 0.6) is 0 Å². The zero-order chi connectivity index (χ0) is 15.7. The fraction of sp³-hybridized carbons (Fsp3) is 0.235. The summed E-state index contributed by atoms with van der Waals surface area (Å²) in [5.41, 5.74) is 5.29. The second-order valence-corrected chi connectivity index (χ2v) is 5.68. The fourth-order valence-corrected chi connectivity index (χ4v) is 2.76. The van der Waals surface area contributed by atoms with Crippen LogP contribution in [0.15, 0.2) is 36.4 Å². The second-order valence-electron chi connectivity index (χ2n) is 5.29. The van der Waals surface area contributed by atoms with E-state index in [0.29, 0.717) is 4.77 Å². The Bertz CT molecular complexity index is 859. The van der Waals surface area contributed by atoms with Crippen LogP contribution in [-0.2, 0) is 6.54 Å². The molecule has 22 heavy (non-hydrogen) atoms. The van der Waals surface area contributed by atoms with E-state index in [-0.39, 0.29) is 0 Å². The van der Waals surface area contributed by atoms with Crippen molar-refractivity contribution in [2.75, 3.05) is 0 Å². The summed E-state index contributed by atoms with van der Waals surface area (Å²) in [6, 6.07) is 12.5. The van der Waals surface area contributed by atoms with Gasteiger partial charge in [-0.15, -0.1) is 0 Å². The smallest absolute Gasteiger partial charge is 0.195 e. The van der Waals surface area contributed by atoms with Gasteiger partial charge in [-0.1, -0.05) is 29.8 Å². The van der Waals surface area contributed by atoms with Crippen molar-refractivity contribution >= 4 is 12.2 Å². The molecule has 112 valence electrons. The van der Waals surface area contributed by atoms with Crippen molar-refractivity contribution in [1.82, 2.24) is 19.7 Å². The molecule has 0 saturated carbocycles. The molecule has 5 heteroatoms. The minimum atomic E-state index is 0.638. The molecule has 2 heterocycles. The maximum atomic E-state index is 5.25. The zero-order valence-electron chi connectivity index (χ0n) is 12.9. The van der Waals surface area contributed by atoms with Crippen molar-refractivity contribution in [2.24, 2.45) is 0 Å². The highest BCUT2D eigenvalue weighted by Gasteiger charge is 2.12. The summed E-state index contributed by atoms with van der Waals surface area (Å²) in [6.07, 6.45) is 0. The molecule has 0 radical (unpaired) electrons. The Labute approximate surface area is 134 Å². The number of aryl methyl sites for hydroxylation is 2. The lowest BCUT2D eigenvalue weighted by atomic mass is 10.1. The third kappa shape index (κ3) is 2.60. The van der Waals surface area contributed by atoms with Crippen LogP contribution in [0.25, 0.3) is 22.6 Å². The average Bonchev–Trinajstić information content (AvgIpc) is 2.88. The van der Waals surface area contributed by atoms with Crippen molar-refractivity contribution in [1.29, 1.82) is 0 Å². The molecule has 0 amide bonds. The number of aromatic nitrogens is 4. The molecular formula is C17H18N4S. The predicted octanol–water partition coefficient (Wildman–Crippen LogP) is 4.31. The summed E-state index contributed by atoms with van der Waals surface area (Å²) >= 11 is 5.25. The third-order valence-corrected chi connectivity index (χ3v) is 4.06. The number of benzene rings is 1. The van der Waals surface area contributed by atoms with Gasteiger partial charge in [0.2, 0.25) is 0 Å². The minimum Gasteiger partial charge on any atom is -0.300 e. The van der Waals surface area contributed by atoms with E-state index in [1.807, 2.05) is 17.6 Å². The first-order chi connectivity index (χ1) is 10.6. The Morgan fingerprint density at radius 3 is 2.45 bits per heavy atom. The SMILES string of the molecule is CCn1c(-c2ccc(-c3ccc(C)cc3)nc2C)n[nH]c1=S. The van der Waals surface area contributed by atoms with Crippen LogP contribution < -0.4 is 0 Å². The van der Waals surface area contributed by atoms with Crippen LogP contribution in [0.1, 0.15) is 18.2 Å². The van der Waals surface area contributed by atoms with Crippen molar-refractivity contribution in [3.05, 3.63) is 52.4 Å². The number of nitrogens with one attached hydrogen (secondary N) is 1. The van der Waals surface area contributed by atoms with Gasteiger partial charge in [0.15, 0.2) is 10.6 Å². The Balaban J connectivity index is 2.06. The molecule has 0 bridgehead atoms. The van der Waals surface area contributed by atoms with Crippen LogP contribution in [0.4, 0.5) is 0 Å². The number of H-pyrrole nitrogens is 1. The lowest BCUT2D eigenvalue weighted by Gasteiger charge is -2.09. The first kappa shape index (κ1) is 14.7. The molecule has 0 atom stereocenters. The van der Waals surface area contributed by atoms with Crippen LogP contribution in [0.2, 0.25) is 0 Å². The molecule has 0 aliphatic carbocycles. The van der Waals surface area contributed by atoms with Gasteiger partial charge >= 0.3 is 0 Å². The number of hydrogen-bond acceptors (Lipinski definition) is 3. The molecule has 2 aromatic heterocycles. The summed E-state index contributed by atoms with van der Waals surface area (Å²) in [7, 11) is 0. The monoisotopic (exact) mass is 310 g/mol.